The summed E-state index contributed by atoms with van der Waals surface area (Å²) >= 11 is 0. The molecule has 4 N–H and O–H groups in total. The summed E-state index contributed by atoms with van der Waals surface area (Å²) in [6.45, 7) is 14.0. The van der Waals surface area contributed by atoms with Crippen LogP contribution in [-0.2, 0) is 35.1 Å². The van der Waals surface area contributed by atoms with Crippen molar-refractivity contribution < 1.29 is 33.8 Å². The number of nitrogens with one attached hydrogen (secondary N) is 3. The van der Waals surface area contributed by atoms with Crippen LogP contribution in [0.4, 0.5) is 5.69 Å². The maximum absolute atomic E-state index is 14.2. The largest absolute Gasteiger partial charge is 0.394 e. The lowest BCUT2D eigenvalue weighted by Crippen LogP contribution is -2.59. The Morgan fingerprint density at radius 1 is 0.926 bits per heavy atom. The molecule has 1 saturated heterocycles. The minimum Gasteiger partial charge on any atom is -0.394 e. The van der Waals surface area contributed by atoms with Crippen LogP contribution >= 0.6 is 0 Å². The number of carbonyl (C=O) groups excluding carboxylic acids is 4. The van der Waals surface area contributed by atoms with Crippen molar-refractivity contribution in [2.75, 3.05) is 60.9 Å². The fourth-order valence-electron chi connectivity index (χ4n) is 8.00. The molecule has 0 aromatic heterocycles. The first-order chi connectivity index (χ1) is 25.5. The number of ether oxygens (including phenoxy) is 2. The lowest BCUT2D eigenvalue weighted by atomic mass is 9.89. The van der Waals surface area contributed by atoms with Crippen LogP contribution in [0.1, 0.15) is 79.7 Å². The van der Waals surface area contributed by atoms with E-state index in [1.807, 2.05) is 91.9 Å². The highest BCUT2D eigenvalue weighted by Crippen LogP contribution is 2.30. The van der Waals surface area contributed by atoms with Gasteiger partial charge in [0.25, 0.3) is 0 Å². The number of carbonyl (C=O) groups is 4. The zero-order valence-corrected chi connectivity index (χ0v) is 35.3. The number of likely N-dealkylation sites (N-methyl/N-ethyl adjacent to an activating group) is 2. The summed E-state index contributed by atoms with van der Waals surface area (Å²) in [5, 5.41) is 19.2. The van der Waals surface area contributed by atoms with Gasteiger partial charge in [0.15, 0.2) is 0 Å². The average molecular weight is 761 g/mol. The van der Waals surface area contributed by atoms with Crippen LogP contribution in [0.3, 0.4) is 0 Å². The minimum absolute atomic E-state index is 0.0177. The quantitative estimate of drug-likeness (QED) is 0.139. The summed E-state index contributed by atoms with van der Waals surface area (Å²) in [5.41, 5.74) is 1.96. The molecule has 0 aliphatic carbocycles. The Kier molecular flexibility index (Phi) is 19.4. The lowest BCUT2D eigenvalue weighted by molar-refractivity contribution is -0.148. The molecule has 0 saturated carbocycles. The molecule has 1 aliphatic heterocycles. The molecule has 308 valence electrons. The van der Waals surface area contributed by atoms with Gasteiger partial charge in [-0.15, -0.1) is 0 Å². The SMILES string of the molecule is CC[C@H](C)[C@@H]([C@@H](CC(=O)N1CCC[C@H]1[C@H](OC)[C@@H](C)C(=O)N[C@H](CO)Cc1ccc(NC)cc1)OC)N(C)C(=O)[C@@H](NC(=O)[C@H](C(C)C)N(C)C)C(C)C. The molecular formula is C41H72N6O7. The van der Waals surface area contributed by atoms with Crippen molar-refractivity contribution in [3.63, 3.8) is 0 Å². The summed E-state index contributed by atoms with van der Waals surface area (Å²) in [6.07, 6.45) is 1.48. The number of aliphatic hydroxyl groups excluding tert-OH is 1. The number of aliphatic hydroxyl groups is 1. The Balaban J connectivity index is 2.24. The first-order valence-electron chi connectivity index (χ1n) is 19.7. The first kappa shape index (κ1) is 46.9. The van der Waals surface area contributed by atoms with Gasteiger partial charge in [0.05, 0.1) is 55.3 Å². The van der Waals surface area contributed by atoms with Gasteiger partial charge in [0.2, 0.25) is 23.6 Å². The Labute approximate surface area is 325 Å². The number of amides is 4. The molecule has 4 amide bonds. The minimum atomic E-state index is -0.758. The molecule has 13 nitrogen and oxygen atoms in total. The topological polar surface area (TPSA) is 153 Å². The zero-order chi connectivity index (χ0) is 40.9. The fourth-order valence-corrected chi connectivity index (χ4v) is 8.00. The van der Waals surface area contributed by atoms with E-state index in [1.165, 1.54) is 0 Å². The summed E-state index contributed by atoms with van der Waals surface area (Å²) in [4.78, 5) is 60.8. The number of likely N-dealkylation sites (tertiary alicyclic amines) is 1. The molecule has 1 fully saturated rings. The molecule has 0 bridgehead atoms. The maximum Gasteiger partial charge on any atom is 0.245 e. The molecule has 13 heteroatoms. The summed E-state index contributed by atoms with van der Waals surface area (Å²) in [5.74, 6) is -1.56. The van der Waals surface area contributed by atoms with Crippen molar-refractivity contribution in [3.8, 4) is 0 Å². The average Bonchev–Trinajstić information content (AvgIpc) is 3.62. The van der Waals surface area contributed by atoms with Gasteiger partial charge in [-0.25, -0.2) is 0 Å². The normalized spacial score (nSPS) is 19.1. The van der Waals surface area contributed by atoms with E-state index in [4.69, 9.17) is 9.47 Å². The number of hydrogen-bond acceptors (Lipinski definition) is 9. The molecule has 0 spiro atoms. The van der Waals surface area contributed by atoms with Crippen LogP contribution in [0.15, 0.2) is 24.3 Å². The lowest BCUT2D eigenvalue weighted by Gasteiger charge is -2.41. The molecular weight excluding hydrogens is 688 g/mol. The second-order valence-electron chi connectivity index (χ2n) is 16.0. The summed E-state index contributed by atoms with van der Waals surface area (Å²) in [6, 6.07) is 5.42. The molecule has 9 atom stereocenters. The van der Waals surface area contributed by atoms with Crippen LogP contribution in [0, 0.1) is 23.7 Å². The van der Waals surface area contributed by atoms with Gasteiger partial charge >= 0.3 is 0 Å². The van der Waals surface area contributed by atoms with E-state index in [0.717, 1.165) is 24.1 Å². The Hall–Kier alpha value is -3.26. The van der Waals surface area contributed by atoms with Gasteiger partial charge in [-0.1, -0.05) is 67.0 Å². The van der Waals surface area contributed by atoms with Gasteiger partial charge in [-0.05, 0) is 68.8 Å². The number of rotatable bonds is 22. The van der Waals surface area contributed by atoms with Crippen molar-refractivity contribution >= 4 is 29.3 Å². The third-order valence-corrected chi connectivity index (χ3v) is 11.2. The van der Waals surface area contributed by atoms with Gasteiger partial charge < -0.3 is 40.3 Å². The van der Waals surface area contributed by atoms with Gasteiger partial charge in [-0.3, -0.25) is 24.1 Å². The van der Waals surface area contributed by atoms with Crippen LogP contribution in [0.5, 0.6) is 0 Å². The predicted molar refractivity (Wildman–Crippen MR) is 214 cm³/mol. The molecule has 1 aromatic rings. The number of hydrogen-bond donors (Lipinski definition) is 4. The van der Waals surface area contributed by atoms with Crippen LogP contribution in [0.25, 0.3) is 0 Å². The molecule has 1 heterocycles. The molecule has 1 aromatic carbocycles. The molecule has 0 unspecified atom stereocenters. The third-order valence-electron chi connectivity index (χ3n) is 11.2. The fraction of sp³-hybridized carbons (Fsp3) is 0.756. The van der Waals surface area contributed by atoms with Crippen LogP contribution in [0.2, 0.25) is 0 Å². The van der Waals surface area contributed by atoms with E-state index in [9.17, 15) is 24.3 Å². The number of benzene rings is 1. The standard InChI is InChI=1S/C41H72N6O7/c1-14-27(6)37(46(11)41(52)35(25(2)3)44-40(51)36(26(4)5)45(9)10)33(53-12)23-34(49)47-21-15-16-32(47)38(54-13)28(7)39(50)43-31(24-48)22-29-17-19-30(42-8)20-18-29/h17-20,25-28,31-33,35-38,42,48H,14-16,21-24H2,1-13H3,(H,43,50)(H,44,51)/t27-,28+,31-,32-,33+,35-,36-,37-,38+/m0/s1. The second-order valence-corrected chi connectivity index (χ2v) is 16.0. The first-order valence-corrected chi connectivity index (χ1v) is 19.7. The van der Waals surface area contributed by atoms with Crippen molar-refractivity contribution in [2.45, 2.75) is 123 Å². The van der Waals surface area contributed by atoms with E-state index >= 15 is 0 Å². The Bertz CT molecular complexity index is 1320. The number of anilines is 1. The Morgan fingerprint density at radius 2 is 1.56 bits per heavy atom. The maximum atomic E-state index is 14.2. The van der Waals surface area contributed by atoms with E-state index in [0.29, 0.717) is 19.4 Å². The summed E-state index contributed by atoms with van der Waals surface area (Å²) < 4.78 is 12.0. The highest BCUT2D eigenvalue weighted by molar-refractivity contribution is 5.90. The van der Waals surface area contributed by atoms with Crippen molar-refractivity contribution in [3.05, 3.63) is 29.8 Å². The highest BCUT2D eigenvalue weighted by Gasteiger charge is 2.43. The Morgan fingerprint density at radius 3 is 2.04 bits per heavy atom. The molecule has 54 heavy (non-hydrogen) atoms. The number of methoxy groups -OCH3 is 2. The second kappa shape index (κ2) is 22.3. The smallest absolute Gasteiger partial charge is 0.245 e. The highest BCUT2D eigenvalue weighted by atomic mass is 16.5. The van der Waals surface area contributed by atoms with Crippen molar-refractivity contribution in [1.82, 2.24) is 25.3 Å². The number of nitrogens with zero attached hydrogens (tertiary/aromatic N) is 3. The van der Waals surface area contributed by atoms with Crippen LogP contribution < -0.4 is 16.0 Å². The van der Waals surface area contributed by atoms with E-state index < -0.39 is 42.3 Å². The van der Waals surface area contributed by atoms with Crippen molar-refractivity contribution in [2.24, 2.45) is 23.7 Å². The van der Waals surface area contributed by atoms with E-state index in [-0.39, 0.29) is 60.5 Å². The predicted octanol–water partition coefficient (Wildman–Crippen LogP) is 3.40. The van der Waals surface area contributed by atoms with Gasteiger partial charge in [0.1, 0.15) is 6.04 Å². The van der Waals surface area contributed by atoms with E-state index in [2.05, 4.69) is 16.0 Å². The monoisotopic (exact) mass is 761 g/mol. The van der Waals surface area contributed by atoms with Crippen molar-refractivity contribution in [1.29, 1.82) is 0 Å². The molecule has 1 aliphatic rings. The van der Waals surface area contributed by atoms with E-state index in [1.54, 1.807) is 38.0 Å². The van der Waals surface area contributed by atoms with Gasteiger partial charge in [-0.2, -0.15) is 0 Å². The third kappa shape index (κ3) is 12.4. The summed E-state index contributed by atoms with van der Waals surface area (Å²) in [7, 11) is 10.4. The van der Waals surface area contributed by atoms with Crippen LogP contribution in [-0.4, -0.2) is 141 Å². The van der Waals surface area contributed by atoms with Gasteiger partial charge in [0, 0.05) is 40.5 Å². The molecule has 2 rings (SSSR count). The molecule has 0 radical (unpaired) electrons. The zero-order valence-electron chi connectivity index (χ0n) is 35.3.